The summed E-state index contributed by atoms with van der Waals surface area (Å²) in [5, 5.41) is 10.5. The van der Waals surface area contributed by atoms with Crippen LogP contribution in [-0.4, -0.2) is 46.1 Å². The van der Waals surface area contributed by atoms with Crippen LogP contribution in [0.15, 0.2) is 23.0 Å². The van der Waals surface area contributed by atoms with Crippen LogP contribution in [-0.2, 0) is 6.54 Å². The molecule has 2 aliphatic rings. The van der Waals surface area contributed by atoms with Crippen LogP contribution in [0.4, 0.5) is 10.2 Å². The number of anilines is 1. The van der Waals surface area contributed by atoms with Crippen molar-refractivity contribution in [3.05, 3.63) is 56.9 Å². The topological polar surface area (TPSA) is 128 Å². The van der Waals surface area contributed by atoms with Crippen molar-refractivity contribution >= 4 is 17.9 Å². The van der Waals surface area contributed by atoms with Crippen molar-refractivity contribution in [1.82, 2.24) is 14.9 Å². The minimum Gasteiger partial charge on any atom is -0.367 e. The highest BCUT2D eigenvalue weighted by Gasteiger charge is 2.19. The average Bonchev–Trinajstić information content (AvgIpc) is 3.47. The number of aryl methyl sites for hydroxylation is 1. The van der Waals surface area contributed by atoms with Crippen LogP contribution in [0.5, 0.6) is 0 Å². The third-order valence-corrected chi connectivity index (χ3v) is 6.13. The Morgan fingerprint density at radius 2 is 2.00 bits per heavy atom. The average molecular weight is 487 g/mol. The number of rotatable bonds is 6. The lowest BCUT2D eigenvalue weighted by atomic mass is 10.1. The number of aromatic nitrogens is 2. The van der Waals surface area contributed by atoms with Gasteiger partial charge in [0.2, 0.25) is 0 Å². The van der Waals surface area contributed by atoms with E-state index in [-0.39, 0.29) is 11.1 Å². The van der Waals surface area contributed by atoms with Crippen LogP contribution in [0.3, 0.4) is 0 Å². The number of aromatic amines is 1. The number of likely N-dealkylation sites (tertiary alicyclic amines) is 1. The second-order valence-corrected chi connectivity index (χ2v) is 8.99. The third kappa shape index (κ3) is 8.28. The maximum Gasteiger partial charge on any atom is 0.261 e. The van der Waals surface area contributed by atoms with E-state index in [0.717, 1.165) is 44.3 Å². The standard InChI is InChI=1S/C13H17FN2O.C11H16N4O.C2H6/c1-9-4-5-16(7-9)8-10-2-3-11(13(15)17)12(14)6-10;1-7-13-10(9(6-12)11(16)14-7)15-8-4-2-3-5-8;1-2/h2-3,6,9H,4-5,7-8H2,1H3,(H2,15,17);6,8,12H,2-5H2,1H3,(H2,13,14,15,16);1-2H3. The third-order valence-electron chi connectivity index (χ3n) is 6.13. The number of primary amides is 1. The van der Waals surface area contributed by atoms with Crippen molar-refractivity contribution in [2.24, 2.45) is 11.7 Å². The number of amides is 1. The predicted molar refractivity (Wildman–Crippen MR) is 139 cm³/mol. The summed E-state index contributed by atoms with van der Waals surface area (Å²) in [4.78, 5) is 31.6. The Bertz CT molecular complexity index is 1050. The SMILES string of the molecule is CC.CC1CCN(Cc2ccc(C(N)=O)c(F)c2)C1.Cc1nc(NC2CCCC2)c(C=N)c(=O)[nH]1. The molecule has 8 nitrogen and oxygen atoms in total. The first-order chi connectivity index (χ1) is 16.8. The molecule has 1 aliphatic heterocycles. The fraction of sp³-hybridized carbons (Fsp3) is 0.538. The number of carbonyl (C=O) groups excluding carboxylic acids is 1. The number of nitrogens with one attached hydrogen (secondary N) is 3. The maximum atomic E-state index is 13.5. The quantitative estimate of drug-likeness (QED) is 0.455. The van der Waals surface area contributed by atoms with Gasteiger partial charge in [-0.3, -0.25) is 14.5 Å². The maximum absolute atomic E-state index is 13.5. The molecule has 0 radical (unpaired) electrons. The molecule has 2 heterocycles. The summed E-state index contributed by atoms with van der Waals surface area (Å²) in [5.41, 5.74) is 5.98. The highest BCUT2D eigenvalue weighted by molar-refractivity contribution is 5.93. The van der Waals surface area contributed by atoms with Gasteiger partial charge in [-0.25, -0.2) is 9.37 Å². The van der Waals surface area contributed by atoms with Crippen LogP contribution in [0.25, 0.3) is 0 Å². The minimum atomic E-state index is -0.719. The van der Waals surface area contributed by atoms with Gasteiger partial charge in [0.15, 0.2) is 0 Å². The number of hydrogen-bond acceptors (Lipinski definition) is 6. The van der Waals surface area contributed by atoms with Gasteiger partial charge in [-0.2, -0.15) is 0 Å². The molecule has 2 aromatic rings. The molecule has 1 aromatic heterocycles. The normalized spacial score (nSPS) is 17.7. The van der Waals surface area contributed by atoms with Crippen LogP contribution >= 0.6 is 0 Å². The fourth-order valence-electron chi connectivity index (χ4n) is 4.39. The van der Waals surface area contributed by atoms with E-state index in [0.29, 0.717) is 29.2 Å². The molecule has 0 bridgehead atoms. The largest absolute Gasteiger partial charge is 0.367 e. The van der Waals surface area contributed by atoms with Gasteiger partial charge < -0.3 is 21.4 Å². The molecule has 1 aliphatic carbocycles. The van der Waals surface area contributed by atoms with E-state index in [9.17, 15) is 14.0 Å². The molecule has 1 atom stereocenters. The monoisotopic (exact) mass is 486 g/mol. The van der Waals surface area contributed by atoms with Crippen LogP contribution in [0.2, 0.25) is 0 Å². The summed E-state index contributed by atoms with van der Waals surface area (Å²) >= 11 is 0. The lowest BCUT2D eigenvalue weighted by Crippen LogP contribution is -2.23. The van der Waals surface area contributed by atoms with E-state index >= 15 is 0 Å². The number of benzene rings is 1. The van der Waals surface area contributed by atoms with Gasteiger partial charge in [0.25, 0.3) is 11.5 Å². The summed E-state index contributed by atoms with van der Waals surface area (Å²) in [6.45, 7) is 10.8. The first-order valence-corrected chi connectivity index (χ1v) is 12.4. The number of hydrogen-bond donors (Lipinski definition) is 4. The van der Waals surface area contributed by atoms with Gasteiger partial charge in [-0.1, -0.05) is 39.7 Å². The van der Waals surface area contributed by atoms with Gasteiger partial charge in [0.05, 0.1) is 11.1 Å². The predicted octanol–water partition coefficient (Wildman–Crippen LogP) is 4.22. The number of carbonyl (C=O) groups is 1. The lowest BCUT2D eigenvalue weighted by molar-refractivity contribution is 0.0996. The summed E-state index contributed by atoms with van der Waals surface area (Å²) in [6.07, 6.45) is 6.93. The van der Waals surface area contributed by atoms with E-state index in [1.165, 1.54) is 31.4 Å². The van der Waals surface area contributed by atoms with Crippen molar-refractivity contribution in [2.45, 2.75) is 72.4 Å². The van der Waals surface area contributed by atoms with Gasteiger partial charge >= 0.3 is 0 Å². The van der Waals surface area contributed by atoms with Gasteiger partial charge in [0, 0.05) is 25.3 Å². The second kappa shape index (κ2) is 13.7. The van der Waals surface area contributed by atoms with E-state index in [4.69, 9.17) is 11.1 Å². The number of halogens is 1. The zero-order chi connectivity index (χ0) is 26.0. The van der Waals surface area contributed by atoms with Crippen LogP contribution < -0.4 is 16.6 Å². The highest BCUT2D eigenvalue weighted by Crippen LogP contribution is 2.22. The zero-order valence-corrected chi connectivity index (χ0v) is 21.3. The molecule has 1 saturated carbocycles. The molecule has 0 spiro atoms. The van der Waals surface area contributed by atoms with Crippen molar-refractivity contribution in [2.75, 3.05) is 18.4 Å². The van der Waals surface area contributed by atoms with Crippen molar-refractivity contribution < 1.29 is 9.18 Å². The second-order valence-electron chi connectivity index (χ2n) is 8.99. The van der Waals surface area contributed by atoms with E-state index in [2.05, 4.69) is 27.1 Å². The summed E-state index contributed by atoms with van der Waals surface area (Å²) in [6, 6.07) is 5.04. The van der Waals surface area contributed by atoms with Gasteiger partial charge in [-0.15, -0.1) is 0 Å². The van der Waals surface area contributed by atoms with E-state index in [1.54, 1.807) is 13.0 Å². The van der Waals surface area contributed by atoms with Gasteiger partial charge in [-0.05, 0) is 56.3 Å². The Morgan fingerprint density at radius 1 is 1.31 bits per heavy atom. The molecular weight excluding hydrogens is 447 g/mol. The minimum absolute atomic E-state index is 0.0384. The van der Waals surface area contributed by atoms with Crippen LogP contribution in [0, 0.1) is 24.1 Å². The van der Waals surface area contributed by atoms with E-state index < -0.39 is 11.7 Å². The number of nitrogens with two attached hydrogens (primary N) is 1. The molecule has 9 heteroatoms. The molecule has 1 amide bonds. The van der Waals surface area contributed by atoms with Crippen LogP contribution in [0.1, 0.15) is 80.2 Å². The summed E-state index contributed by atoms with van der Waals surface area (Å²) in [5.74, 6) is 0.593. The molecule has 2 fully saturated rings. The molecular formula is C26H39FN6O2. The molecule has 192 valence electrons. The highest BCUT2D eigenvalue weighted by atomic mass is 19.1. The number of H-pyrrole nitrogens is 1. The van der Waals surface area contributed by atoms with Crippen molar-refractivity contribution in [1.29, 1.82) is 5.41 Å². The smallest absolute Gasteiger partial charge is 0.261 e. The molecule has 4 rings (SSSR count). The molecule has 1 aromatic carbocycles. The fourth-order valence-corrected chi connectivity index (χ4v) is 4.39. The Morgan fingerprint density at radius 3 is 2.54 bits per heavy atom. The summed E-state index contributed by atoms with van der Waals surface area (Å²) in [7, 11) is 0. The van der Waals surface area contributed by atoms with Crippen molar-refractivity contribution in [3.8, 4) is 0 Å². The lowest BCUT2D eigenvalue weighted by Gasteiger charge is -2.15. The number of nitrogens with zero attached hydrogens (tertiary/aromatic N) is 2. The molecule has 35 heavy (non-hydrogen) atoms. The Balaban J connectivity index is 0.000000231. The Labute approximate surface area is 207 Å². The zero-order valence-electron chi connectivity index (χ0n) is 21.3. The Kier molecular flexibility index (Phi) is 11.0. The summed E-state index contributed by atoms with van der Waals surface area (Å²) < 4.78 is 13.5. The van der Waals surface area contributed by atoms with E-state index in [1.807, 2.05) is 13.8 Å². The first-order valence-electron chi connectivity index (χ1n) is 12.4. The Hall–Kier alpha value is -3.07. The first kappa shape index (κ1) is 28.2. The molecule has 5 N–H and O–H groups in total. The molecule has 1 unspecified atom stereocenters. The molecule has 1 saturated heterocycles. The van der Waals surface area contributed by atoms with Crippen molar-refractivity contribution in [3.63, 3.8) is 0 Å². The van der Waals surface area contributed by atoms with Gasteiger partial charge in [0.1, 0.15) is 17.5 Å².